The number of nitrogens with two attached hydrogens (primary N) is 1. The van der Waals surface area contributed by atoms with Gasteiger partial charge in [-0.3, -0.25) is 9.59 Å². The van der Waals surface area contributed by atoms with Gasteiger partial charge in [-0.15, -0.1) is 0 Å². The summed E-state index contributed by atoms with van der Waals surface area (Å²) in [6.07, 6.45) is -0.694. The third kappa shape index (κ3) is 3.85. The molecular formula is C13H18N2O3. The lowest BCUT2D eigenvalue weighted by atomic mass is 10.1. The number of amides is 2. The lowest BCUT2D eigenvalue weighted by molar-refractivity contribution is -0.144. The van der Waals surface area contributed by atoms with E-state index < -0.39 is 12.0 Å². The second-order valence-electron chi connectivity index (χ2n) is 3.91. The van der Waals surface area contributed by atoms with Gasteiger partial charge in [0.1, 0.15) is 0 Å². The molecule has 0 spiro atoms. The fourth-order valence-electron chi connectivity index (χ4n) is 1.62. The lowest BCUT2D eigenvalue weighted by Gasteiger charge is -2.22. The molecule has 0 saturated carbocycles. The van der Waals surface area contributed by atoms with Crippen LogP contribution in [0.5, 0.6) is 0 Å². The van der Waals surface area contributed by atoms with Crippen LogP contribution in [0.4, 0.5) is 0 Å². The second-order valence-corrected chi connectivity index (χ2v) is 3.91. The topological polar surface area (TPSA) is 72.6 Å². The molecule has 1 aromatic rings. The number of hydrogen-bond donors (Lipinski definition) is 1. The average molecular weight is 250 g/mol. The molecule has 5 heteroatoms. The van der Waals surface area contributed by atoms with Crippen molar-refractivity contribution in [3.05, 3.63) is 35.9 Å². The third-order valence-electron chi connectivity index (χ3n) is 2.43. The maximum atomic E-state index is 12.2. The van der Waals surface area contributed by atoms with Crippen LogP contribution in [0.15, 0.2) is 30.3 Å². The highest BCUT2D eigenvalue weighted by molar-refractivity contribution is 5.86. The summed E-state index contributed by atoms with van der Waals surface area (Å²) in [4.78, 5) is 24.3. The van der Waals surface area contributed by atoms with Crippen LogP contribution in [0.25, 0.3) is 0 Å². The van der Waals surface area contributed by atoms with Crippen LogP contribution < -0.4 is 5.73 Å². The van der Waals surface area contributed by atoms with Gasteiger partial charge in [-0.05, 0) is 12.5 Å². The maximum absolute atomic E-state index is 12.2. The van der Waals surface area contributed by atoms with Crippen LogP contribution in [0, 0.1) is 0 Å². The van der Waals surface area contributed by atoms with Gasteiger partial charge in [0.25, 0.3) is 5.91 Å². The number of primary amides is 1. The molecule has 98 valence electrons. The van der Waals surface area contributed by atoms with E-state index in [1.807, 2.05) is 37.3 Å². The smallest absolute Gasteiger partial charge is 0.256 e. The molecule has 1 rings (SSSR count). The Morgan fingerprint density at radius 1 is 1.33 bits per heavy atom. The summed E-state index contributed by atoms with van der Waals surface area (Å²) in [6, 6.07) is 9.17. The van der Waals surface area contributed by atoms with Crippen LogP contribution in [-0.2, 0) is 14.3 Å². The zero-order valence-corrected chi connectivity index (χ0v) is 10.6. The molecule has 0 aromatic heterocycles. The van der Waals surface area contributed by atoms with Crippen molar-refractivity contribution < 1.29 is 14.3 Å². The second kappa shape index (κ2) is 6.76. The van der Waals surface area contributed by atoms with Gasteiger partial charge >= 0.3 is 0 Å². The van der Waals surface area contributed by atoms with E-state index in [2.05, 4.69) is 0 Å². The molecule has 0 fully saturated rings. The lowest BCUT2D eigenvalue weighted by Crippen LogP contribution is -2.38. The van der Waals surface area contributed by atoms with E-state index in [1.54, 1.807) is 0 Å². The predicted octanol–water partition coefficient (Wildman–Crippen LogP) is 0.708. The molecule has 1 atom stereocenters. The first-order chi connectivity index (χ1) is 8.56. The molecule has 1 aromatic carbocycles. The first kappa shape index (κ1) is 14.2. The summed E-state index contributed by atoms with van der Waals surface area (Å²) in [5.41, 5.74) is 5.83. The number of ether oxygens (including phenoxy) is 1. The van der Waals surface area contributed by atoms with Gasteiger partial charge in [0, 0.05) is 13.7 Å². The van der Waals surface area contributed by atoms with Crippen molar-refractivity contribution >= 4 is 11.8 Å². The normalized spacial score (nSPS) is 11.9. The number of likely N-dealkylation sites (N-methyl/N-ethyl adjacent to an activating group) is 1. The van der Waals surface area contributed by atoms with Gasteiger partial charge in [-0.2, -0.15) is 0 Å². The summed E-state index contributed by atoms with van der Waals surface area (Å²) in [5, 5.41) is 0. The third-order valence-corrected chi connectivity index (χ3v) is 2.43. The summed E-state index contributed by atoms with van der Waals surface area (Å²) in [5.74, 6) is -0.823. The summed E-state index contributed by atoms with van der Waals surface area (Å²) in [6.45, 7) is 2.11. The van der Waals surface area contributed by atoms with E-state index in [-0.39, 0.29) is 12.5 Å². The predicted molar refractivity (Wildman–Crippen MR) is 67.6 cm³/mol. The Morgan fingerprint density at radius 3 is 2.44 bits per heavy atom. The van der Waals surface area contributed by atoms with E-state index in [9.17, 15) is 9.59 Å². The van der Waals surface area contributed by atoms with Crippen molar-refractivity contribution in [3.8, 4) is 0 Å². The Labute approximate surface area is 107 Å². The number of benzene rings is 1. The fraction of sp³-hybridized carbons (Fsp3) is 0.385. The van der Waals surface area contributed by atoms with Crippen LogP contribution in [0.3, 0.4) is 0 Å². The van der Waals surface area contributed by atoms with Crippen molar-refractivity contribution in [1.29, 1.82) is 0 Å². The first-order valence-electron chi connectivity index (χ1n) is 5.76. The highest BCUT2D eigenvalue weighted by Gasteiger charge is 2.24. The molecule has 18 heavy (non-hydrogen) atoms. The summed E-state index contributed by atoms with van der Waals surface area (Å²) in [7, 11) is 1.53. The monoisotopic (exact) mass is 250 g/mol. The molecular weight excluding hydrogens is 232 g/mol. The van der Waals surface area contributed by atoms with Crippen molar-refractivity contribution in [2.75, 3.05) is 20.2 Å². The van der Waals surface area contributed by atoms with Crippen LogP contribution >= 0.6 is 0 Å². The molecule has 5 nitrogen and oxygen atoms in total. The van der Waals surface area contributed by atoms with Gasteiger partial charge in [0.15, 0.2) is 6.10 Å². The number of hydrogen-bond acceptors (Lipinski definition) is 3. The van der Waals surface area contributed by atoms with E-state index in [1.165, 1.54) is 11.9 Å². The summed E-state index contributed by atoms with van der Waals surface area (Å²) < 4.78 is 5.45. The molecule has 2 amide bonds. The van der Waals surface area contributed by atoms with E-state index in [4.69, 9.17) is 10.5 Å². The van der Waals surface area contributed by atoms with Crippen molar-refractivity contribution in [2.45, 2.75) is 13.0 Å². The number of carbonyl (C=O) groups excluding carboxylic acids is 2. The average Bonchev–Trinajstić information content (AvgIpc) is 2.35. The quantitative estimate of drug-likeness (QED) is 0.808. The fourth-order valence-corrected chi connectivity index (χ4v) is 1.62. The molecule has 0 aliphatic carbocycles. The van der Waals surface area contributed by atoms with E-state index >= 15 is 0 Å². The van der Waals surface area contributed by atoms with Crippen molar-refractivity contribution in [1.82, 2.24) is 4.90 Å². The molecule has 0 aliphatic heterocycles. The van der Waals surface area contributed by atoms with Crippen LogP contribution in [-0.4, -0.2) is 36.9 Å². The molecule has 0 radical (unpaired) electrons. The highest BCUT2D eigenvalue weighted by atomic mass is 16.5. The Hall–Kier alpha value is -1.88. The van der Waals surface area contributed by atoms with Crippen molar-refractivity contribution in [2.24, 2.45) is 5.73 Å². The Balaban J connectivity index is 2.85. The number of carbonyl (C=O) groups is 2. The zero-order valence-electron chi connectivity index (χ0n) is 10.6. The van der Waals surface area contributed by atoms with Gasteiger partial charge in [-0.1, -0.05) is 30.3 Å². The Bertz CT molecular complexity index is 406. The van der Waals surface area contributed by atoms with E-state index in [0.29, 0.717) is 6.61 Å². The standard InChI is InChI=1S/C13H18N2O3/c1-3-18-12(10-7-5-4-6-8-10)13(17)15(2)9-11(14)16/h4-8,12H,3,9H2,1-2H3,(H2,14,16)/t12-/m0/s1. The minimum absolute atomic E-state index is 0.116. The molecule has 0 heterocycles. The molecule has 2 N–H and O–H groups in total. The van der Waals surface area contributed by atoms with Crippen LogP contribution in [0.2, 0.25) is 0 Å². The minimum atomic E-state index is -0.694. The largest absolute Gasteiger partial charge is 0.368 e. The minimum Gasteiger partial charge on any atom is -0.368 e. The molecule has 0 bridgehead atoms. The number of rotatable bonds is 6. The van der Waals surface area contributed by atoms with Gasteiger partial charge in [0.05, 0.1) is 6.54 Å². The SMILES string of the molecule is CCO[C@H](C(=O)N(C)CC(N)=O)c1ccccc1. The Morgan fingerprint density at radius 2 is 1.94 bits per heavy atom. The number of nitrogens with zero attached hydrogens (tertiary/aromatic N) is 1. The molecule has 0 aliphatic rings. The Kier molecular flexibility index (Phi) is 5.32. The van der Waals surface area contributed by atoms with Gasteiger partial charge in [0.2, 0.25) is 5.91 Å². The van der Waals surface area contributed by atoms with Crippen LogP contribution in [0.1, 0.15) is 18.6 Å². The van der Waals surface area contributed by atoms with Gasteiger partial charge < -0.3 is 15.4 Å². The molecule has 0 saturated heterocycles. The zero-order chi connectivity index (χ0) is 13.5. The first-order valence-corrected chi connectivity index (χ1v) is 5.76. The van der Waals surface area contributed by atoms with E-state index in [0.717, 1.165) is 5.56 Å². The van der Waals surface area contributed by atoms with Crippen molar-refractivity contribution in [3.63, 3.8) is 0 Å². The van der Waals surface area contributed by atoms with Gasteiger partial charge in [-0.25, -0.2) is 0 Å². The maximum Gasteiger partial charge on any atom is 0.256 e. The highest BCUT2D eigenvalue weighted by Crippen LogP contribution is 2.19. The molecule has 0 unspecified atom stereocenters. The summed E-state index contributed by atoms with van der Waals surface area (Å²) >= 11 is 0.